The molecule has 0 spiro atoms. The molecule has 18 heavy (non-hydrogen) atoms. The van der Waals surface area contributed by atoms with Crippen LogP contribution in [0.3, 0.4) is 0 Å². The van der Waals surface area contributed by atoms with E-state index in [9.17, 15) is 14.0 Å². The van der Waals surface area contributed by atoms with Gasteiger partial charge in [-0.3, -0.25) is 14.2 Å². The van der Waals surface area contributed by atoms with Crippen molar-refractivity contribution in [3.63, 3.8) is 0 Å². The van der Waals surface area contributed by atoms with Gasteiger partial charge in [-0.1, -0.05) is 0 Å². The first-order valence-corrected chi connectivity index (χ1v) is 5.23. The van der Waals surface area contributed by atoms with E-state index in [4.69, 9.17) is 0 Å². The number of nitrogens with two attached hydrogens (primary N) is 1. The molecular formula is C13H13FN2O2. The molecule has 2 aromatic rings. The van der Waals surface area contributed by atoms with Gasteiger partial charge in [-0.15, -0.1) is 0 Å². The number of aldehydes is 1. The van der Waals surface area contributed by atoms with Crippen molar-refractivity contribution in [1.82, 2.24) is 4.57 Å². The standard InChI is InChI=1S/C12H8FNO2.CH5N/c13-10-3-5-11(6-4-10)14-7-1-2-9(8-15)12(14)16;1-2/h1-8H;2H2,1H3. The number of rotatable bonds is 2. The third-order valence-corrected chi connectivity index (χ3v) is 2.21. The molecule has 0 unspecified atom stereocenters. The molecule has 0 saturated carbocycles. The maximum Gasteiger partial charge on any atom is 0.265 e. The van der Waals surface area contributed by atoms with Crippen LogP contribution < -0.4 is 11.3 Å². The molecule has 0 atom stereocenters. The Labute approximate surface area is 103 Å². The van der Waals surface area contributed by atoms with Crippen molar-refractivity contribution in [2.75, 3.05) is 7.05 Å². The molecule has 0 aliphatic carbocycles. The van der Waals surface area contributed by atoms with E-state index in [1.54, 1.807) is 6.07 Å². The second-order valence-electron chi connectivity index (χ2n) is 3.23. The van der Waals surface area contributed by atoms with Crippen LogP contribution in [0.4, 0.5) is 4.39 Å². The van der Waals surface area contributed by atoms with Crippen molar-refractivity contribution in [2.24, 2.45) is 5.73 Å². The monoisotopic (exact) mass is 248 g/mol. The van der Waals surface area contributed by atoms with Gasteiger partial charge in [0.1, 0.15) is 5.82 Å². The van der Waals surface area contributed by atoms with Crippen LogP contribution in [0, 0.1) is 5.82 Å². The van der Waals surface area contributed by atoms with Crippen molar-refractivity contribution in [3.8, 4) is 5.69 Å². The fraction of sp³-hybridized carbons (Fsp3) is 0.0769. The molecule has 0 aliphatic heterocycles. The van der Waals surface area contributed by atoms with Crippen LogP contribution in [0.5, 0.6) is 0 Å². The highest BCUT2D eigenvalue weighted by molar-refractivity contribution is 5.74. The van der Waals surface area contributed by atoms with E-state index in [2.05, 4.69) is 5.73 Å². The third-order valence-electron chi connectivity index (χ3n) is 2.21. The third kappa shape index (κ3) is 2.89. The van der Waals surface area contributed by atoms with Crippen molar-refractivity contribution in [3.05, 3.63) is 64.3 Å². The maximum absolute atomic E-state index is 12.7. The minimum atomic E-state index is -0.413. The van der Waals surface area contributed by atoms with Crippen LogP contribution in [0.2, 0.25) is 0 Å². The maximum atomic E-state index is 12.7. The Hall–Kier alpha value is -2.27. The minimum Gasteiger partial charge on any atom is -0.333 e. The first kappa shape index (κ1) is 13.8. The Balaban J connectivity index is 0.000000771. The first-order valence-electron chi connectivity index (χ1n) is 5.23. The van der Waals surface area contributed by atoms with E-state index in [0.29, 0.717) is 12.0 Å². The molecule has 1 aromatic carbocycles. The van der Waals surface area contributed by atoms with Crippen LogP contribution in [0.25, 0.3) is 5.69 Å². The Bertz CT molecular complexity index is 576. The second kappa shape index (κ2) is 6.46. The summed E-state index contributed by atoms with van der Waals surface area (Å²) in [5, 5.41) is 0. The van der Waals surface area contributed by atoms with E-state index in [1.165, 1.54) is 48.1 Å². The summed E-state index contributed by atoms with van der Waals surface area (Å²) < 4.78 is 14.0. The highest BCUT2D eigenvalue weighted by Gasteiger charge is 2.03. The van der Waals surface area contributed by atoms with Gasteiger partial charge in [-0.05, 0) is 43.4 Å². The number of carbonyl (C=O) groups excluding carboxylic acids is 1. The van der Waals surface area contributed by atoms with Crippen LogP contribution in [0.1, 0.15) is 10.4 Å². The van der Waals surface area contributed by atoms with Gasteiger partial charge in [0.15, 0.2) is 6.29 Å². The Kier molecular flexibility index (Phi) is 4.95. The summed E-state index contributed by atoms with van der Waals surface area (Å²) in [6.07, 6.45) is 2.03. The zero-order valence-electron chi connectivity index (χ0n) is 9.84. The molecule has 1 aromatic heterocycles. The Morgan fingerprint density at radius 3 is 2.33 bits per heavy atom. The molecule has 1 heterocycles. The number of hydrogen-bond acceptors (Lipinski definition) is 3. The van der Waals surface area contributed by atoms with Crippen LogP contribution >= 0.6 is 0 Å². The second-order valence-corrected chi connectivity index (χ2v) is 3.23. The fourth-order valence-corrected chi connectivity index (χ4v) is 1.41. The highest BCUT2D eigenvalue weighted by atomic mass is 19.1. The van der Waals surface area contributed by atoms with Gasteiger partial charge in [0.05, 0.1) is 5.56 Å². The lowest BCUT2D eigenvalue weighted by atomic mass is 10.2. The molecule has 2 N–H and O–H groups in total. The average molecular weight is 248 g/mol. The van der Waals surface area contributed by atoms with E-state index in [0.717, 1.165) is 0 Å². The molecule has 0 radical (unpaired) electrons. The number of benzene rings is 1. The van der Waals surface area contributed by atoms with Gasteiger partial charge in [-0.25, -0.2) is 4.39 Å². The fourth-order valence-electron chi connectivity index (χ4n) is 1.41. The molecule has 94 valence electrons. The molecular weight excluding hydrogens is 235 g/mol. The molecule has 2 rings (SSSR count). The van der Waals surface area contributed by atoms with Crippen molar-refractivity contribution < 1.29 is 9.18 Å². The van der Waals surface area contributed by atoms with Crippen LogP contribution in [-0.4, -0.2) is 17.9 Å². The molecule has 0 amide bonds. The average Bonchev–Trinajstić information content (AvgIpc) is 2.42. The number of aromatic nitrogens is 1. The zero-order valence-corrected chi connectivity index (χ0v) is 9.84. The highest BCUT2D eigenvalue weighted by Crippen LogP contribution is 2.06. The summed E-state index contributed by atoms with van der Waals surface area (Å²) in [6, 6.07) is 8.51. The number of pyridine rings is 1. The number of halogens is 1. The summed E-state index contributed by atoms with van der Waals surface area (Å²) in [5.74, 6) is -0.372. The SMILES string of the molecule is CN.O=Cc1cccn(-c2ccc(F)cc2)c1=O. The lowest BCUT2D eigenvalue weighted by Crippen LogP contribution is -2.20. The lowest BCUT2D eigenvalue weighted by molar-refractivity contribution is 0.112. The smallest absolute Gasteiger partial charge is 0.265 e. The normalized spacial score (nSPS) is 9.28. The van der Waals surface area contributed by atoms with Gasteiger partial charge >= 0.3 is 0 Å². The predicted molar refractivity (Wildman–Crippen MR) is 67.5 cm³/mol. The van der Waals surface area contributed by atoms with Gasteiger partial charge in [0.25, 0.3) is 5.56 Å². The topological polar surface area (TPSA) is 65.1 Å². The van der Waals surface area contributed by atoms with Crippen molar-refractivity contribution >= 4 is 6.29 Å². The van der Waals surface area contributed by atoms with E-state index < -0.39 is 5.56 Å². The van der Waals surface area contributed by atoms with Gasteiger partial charge in [0, 0.05) is 11.9 Å². The van der Waals surface area contributed by atoms with Gasteiger partial charge < -0.3 is 5.73 Å². The summed E-state index contributed by atoms with van der Waals surface area (Å²) in [7, 11) is 1.50. The van der Waals surface area contributed by atoms with Crippen LogP contribution in [0.15, 0.2) is 47.4 Å². The van der Waals surface area contributed by atoms with Crippen molar-refractivity contribution in [1.29, 1.82) is 0 Å². The molecule has 0 saturated heterocycles. The summed E-state index contributed by atoms with van der Waals surface area (Å²) in [4.78, 5) is 22.3. The number of hydrogen-bond donors (Lipinski definition) is 1. The van der Waals surface area contributed by atoms with Gasteiger partial charge in [0.2, 0.25) is 0 Å². The molecule has 0 bridgehead atoms. The van der Waals surface area contributed by atoms with Gasteiger partial charge in [-0.2, -0.15) is 0 Å². The van der Waals surface area contributed by atoms with Crippen molar-refractivity contribution in [2.45, 2.75) is 0 Å². The molecule has 4 nitrogen and oxygen atoms in total. The molecule has 5 heteroatoms. The summed E-state index contributed by atoms with van der Waals surface area (Å²) in [5.41, 5.74) is 4.69. The summed E-state index contributed by atoms with van der Waals surface area (Å²) in [6.45, 7) is 0. The largest absolute Gasteiger partial charge is 0.333 e. The Morgan fingerprint density at radius 2 is 1.78 bits per heavy atom. The Morgan fingerprint density at radius 1 is 1.17 bits per heavy atom. The summed E-state index contributed by atoms with van der Waals surface area (Å²) >= 11 is 0. The zero-order chi connectivity index (χ0) is 13.5. The van der Waals surface area contributed by atoms with E-state index in [1.807, 2.05) is 0 Å². The predicted octanol–water partition coefficient (Wildman–Crippen LogP) is 1.36. The first-order chi connectivity index (χ1) is 8.72. The number of carbonyl (C=O) groups is 1. The van der Waals surface area contributed by atoms with E-state index in [-0.39, 0.29) is 11.4 Å². The quantitative estimate of drug-likeness (QED) is 0.816. The minimum absolute atomic E-state index is 0.0758. The van der Waals surface area contributed by atoms with E-state index >= 15 is 0 Å². The lowest BCUT2D eigenvalue weighted by Gasteiger charge is -2.05. The molecule has 0 fully saturated rings. The number of nitrogens with zero attached hydrogens (tertiary/aromatic N) is 1. The molecule has 0 aliphatic rings. The van der Waals surface area contributed by atoms with Crippen LogP contribution in [-0.2, 0) is 0 Å².